The maximum absolute atomic E-state index is 11.9. The third-order valence-corrected chi connectivity index (χ3v) is 3.21. The van der Waals surface area contributed by atoms with Gasteiger partial charge in [-0.15, -0.1) is 0 Å². The van der Waals surface area contributed by atoms with Gasteiger partial charge in [0.1, 0.15) is 5.69 Å². The summed E-state index contributed by atoms with van der Waals surface area (Å²) in [5, 5.41) is 16.2. The topological polar surface area (TPSA) is 84.3 Å². The fourth-order valence-corrected chi connectivity index (χ4v) is 2.19. The number of nitro benzene ring substituents is 1. The first-order valence-corrected chi connectivity index (χ1v) is 6.90. The van der Waals surface area contributed by atoms with Gasteiger partial charge in [0.05, 0.1) is 4.92 Å². The van der Waals surface area contributed by atoms with Gasteiger partial charge in [-0.2, -0.15) is 0 Å². The van der Waals surface area contributed by atoms with Crippen molar-refractivity contribution in [2.45, 2.75) is 0 Å². The summed E-state index contributed by atoms with van der Waals surface area (Å²) in [4.78, 5) is 22.2. The quantitative estimate of drug-likeness (QED) is 0.609. The summed E-state index contributed by atoms with van der Waals surface area (Å²) in [6, 6.07) is 10.3. The molecule has 2 amide bonds. The molecular weight excluding hydrogens is 362 g/mol. The highest BCUT2D eigenvalue weighted by molar-refractivity contribution is 9.10. The minimum Gasteiger partial charge on any atom is -0.308 e. The highest BCUT2D eigenvalue weighted by atomic mass is 79.9. The number of amides is 2. The minimum absolute atomic E-state index is 0.0278. The lowest BCUT2D eigenvalue weighted by Gasteiger charge is -2.08. The summed E-state index contributed by atoms with van der Waals surface area (Å²) in [6.07, 6.45) is 0. The molecule has 0 fully saturated rings. The van der Waals surface area contributed by atoms with Gasteiger partial charge < -0.3 is 10.6 Å². The largest absolute Gasteiger partial charge is 0.323 e. The van der Waals surface area contributed by atoms with Crippen LogP contribution in [-0.2, 0) is 0 Å². The molecule has 0 saturated carbocycles. The Morgan fingerprint density at radius 2 is 1.95 bits per heavy atom. The van der Waals surface area contributed by atoms with Gasteiger partial charge in [0.25, 0.3) is 5.69 Å². The lowest BCUT2D eigenvalue weighted by atomic mass is 10.2. The van der Waals surface area contributed by atoms with E-state index in [9.17, 15) is 14.9 Å². The van der Waals surface area contributed by atoms with Gasteiger partial charge in [-0.25, -0.2) is 4.79 Å². The molecule has 0 radical (unpaired) electrons. The van der Waals surface area contributed by atoms with Gasteiger partial charge in [-0.3, -0.25) is 10.1 Å². The van der Waals surface area contributed by atoms with Crippen LogP contribution < -0.4 is 10.6 Å². The number of halogens is 2. The molecule has 0 bridgehead atoms. The Hall–Kier alpha value is -2.12. The molecule has 2 N–H and O–H groups in total. The van der Waals surface area contributed by atoms with Crippen molar-refractivity contribution < 1.29 is 9.72 Å². The summed E-state index contributed by atoms with van der Waals surface area (Å²) in [6.45, 7) is 0. The Balaban J connectivity index is 2.16. The fraction of sp³-hybridized carbons (Fsp3) is 0. The molecule has 0 saturated heterocycles. The van der Waals surface area contributed by atoms with Gasteiger partial charge in [-0.1, -0.05) is 33.6 Å². The van der Waals surface area contributed by atoms with E-state index in [4.69, 9.17) is 11.6 Å². The van der Waals surface area contributed by atoms with Crippen LogP contribution >= 0.6 is 27.5 Å². The molecule has 0 spiro atoms. The van der Waals surface area contributed by atoms with Crippen LogP contribution in [0.5, 0.6) is 0 Å². The normalized spacial score (nSPS) is 10.0. The second-order valence-corrected chi connectivity index (χ2v) is 5.36. The highest BCUT2D eigenvalue weighted by Crippen LogP contribution is 2.27. The summed E-state index contributed by atoms with van der Waals surface area (Å²) in [5.41, 5.74) is 0.343. The van der Waals surface area contributed by atoms with Crippen molar-refractivity contribution in [1.29, 1.82) is 0 Å². The van der Waals surface area contributed by atoms with Crippen LogP contribution in [0.25, 0.3) is 0 Å². The monoisotopic (exact) mass is 369 g/mol. The van der Waals surface area contributed by atoms with E-state index in [0.717, 1.165) is 4.47 Å². The SMILES string of the molecule is O=C(Nc1cccc(Br)c1)Nc1cc(Cl)ccc1[N+](=O)[O-]. The Labute approximate surface area is 133 Å². The third kappa shape index (κ3) is 4.17. The van der Waals surface area contributed by atoms with Crippen LogP contribution in [0, 0.1) is 10.1 Å². The average molecular weight is 371 g/mol. The van der Waals surface area contributed by atoms with Crippen molar-refractivity contribution in [3.63, 3.8) is 0 Å². The Morgan fingerprint density at radius 1 is 1.19 bits per heavy atom. The van der Waals surface area contributed by atoms with Crippen molar-refractivity contribution in [3.8, 4) is 0 Å². The smallest absolute Gasteiger partial charge is 0.308 e. The van der Waals surface area contributed by atoms with E-state index < -0.39 is 11.0 Å². The number of hydrogen-bond acceptors (Lipinski definition) is 3. The molecule has 2 rings (SSSR count). The van der Waals surface area contributed by atoms with Gasteiger partial charge >= 0.3 is 6.03 Å². The minimum atomic E-state index is -0.599. The van der Waals surface area contributed by atoms with Crippen LogP contribution in [0.4, 0.5) is 21.9 Å². The molecule has 0 aliphatic rings. The molecule has 0 atom stereocenters. The van der Waals surface area contributed by atoms with E-state index in [2.05, 4.69) is 26.6 Å². The van der Waals surface area contributed by atoms with E-state index in [1.54, 1.807) is 18.2 Å². The van der Waals surface area contributed by atoms with Crippen LogP contribution in [0.1, 0.15) is 0 Å². The molecule has 21 heavy (non-hydrogen) atoms. The van der Waals surface area contributed by atoms with Crippen molar-refractivity contribution in [1.82, 2.24) is 0 Å². The van der Waals surface area contributed by atoms with Gasteiger partial charge in [0, 0.05) is 21.2 Å². The highest BCUT2D eigenvalue weighted by Gasteiger charge is 2.16. The molecular formula is C13H9BrClN3O3. The summed E-state index contributed by atoms with van der Waals surface area (Å²) in [5.74, 6) is 0. The van der Waals surface area contributed by atoms with Crippen molar-refractivity contribution in [2.24, 2.45) is 0 Å². The second-order valence-electron chi connectivity index (χ2n) is 4.01. The number of hydrogen-bond donors (Lipinski definition) is 2. The maximum atomic E-state index is 11.9. The molecule has 6 nitrogen and oxygen atoms in total. The second kappa shape index (κ2) is 6.55. The molecule has 0 unspecified atom stereocenters. The molecule has 0 aliphatic carbocycles. The Bertz CT molecular complexity index is 709. The number of benzene rings is 2. The average Bonchev–Trinajstić information content (AvgIpc) is 2.38. The third-order valence-electron chi connectivity index (χ3n) is 2.49. The molecule has 2 aromatic carbocycles. The number of carbonyl (C=O) groups is 1. The standard InChI is InChI=1S/C13H9BrClN3O3/c14-8-2-1-3-10(6-8)16-13(19)17-11-7-9(15)4-5-12(11)18(20)21/h1-7H,(H2,16,17,19). The van der Waals surface area contributed by atoms with E-state index in [1.165, 1.54) is 18.2 Å². The molecule has 0 aromatic heterocycles. The number of nitrogens with one attached hydrogen (secondary N) is 2. The van der Waals surface area contributed by atoms with E-state index in [1.807, 2.05) is 6.07 Å². The number of rotatable bonds is 3. The first kappa shape index (κ1) is 15.3. The number of anilines is 2. The van der Waals surface area contributed by atoms with Gasteiger partial charge in [-0.05, 0) is 30.3 Å². The zero-order chi connectivity index (χ0) is 15.4. The van der Waals surface area contributed by atoms with Crippen LogP contribution in [-0.4, -0.2) is 11.0 Å². The van der Waals surface area contributed by atoms with Gasteiger partial charge in [0.15, 0.2) is 0 Å². The predicted octanol–water partition coefficient (Wildman–Crippen LogP) is 4.65. The van der Waals surface area contributed by atoms with Crippen molar-refractivity contribution in [2.75, 3.05) is 10.6 Å². The van der Waals surface area contributed by atoms with Crippen molar-refractivity contribution >= 4 is 50.6 Å². The summed E-state index contributed by atoms with van der Waals surface area (Å²) < 4.78 is 0.800. The Morgan fingerprint density at radius 3 is 2.62 bits per heavy atom. The first-order chi connectivity index (χ1) is 9.95. The molecule has 2 aromatic rings. The fourth-order valence-electron chi connectivity index (χ4n) is 1.62. The number of nitrogens with zero attached hydrogens (tertiary/aromatic N) is 1. The number of urea groups is 1. The van der Waals surface area contributed by atoms with E-state index in [-0.39, 0.29) is 11.4 Å². The molecule has 8 heteroatoms. The first-order valence-electron chi connectivity index (χ1n) is 5.73. The van der Waals surface area contributed by atoms with Gasteiger partial charge in [0.2, 0.25) is 0 Å². The zero-order valence-corrected chi connectivity index (χ0v) is 12.8. The summed E-state index contributed by atoms with van der Waals surface area (Å²) in [7, 11) is 0. The van der Waals surface area contributed by atoms with Crippen LogP contribution in [0.2, 0.25) is 5.02 Å². The molecule has 0 aliphatic heterocycles. The predicted molar refractivity (Wildman–Crippen MR) is 84.9 cm³/mol. The Kier molecular flexibility index (Phi) is 4.77. The lowest BCUT2D eigenvalue weighted by Crippen LogP contribution is -2.20. The van der Waals surface area contributed by atoms with Crippen molar-refractivity contribution in [3.05, 3.63) is 62.1 Å². The number of carbonyl (C=O) groups excluding carboxylic acids is 1. The molecule has 108 valence electrons. The molecule has 0 heterocycles. The maximum Gasteiger partial charge on any atom is 0.323 e. The van der Waals surface area contributed by atoms with E-state index in [0.29, 0.717) is 10.7 Å². The number of nitro groups is 1. The van der Waals surface area contributed by atoms with E-state index >= 15 is 0 Å². The van der Waals surface area contributed by atoms with Crippen LogP contribution in [0.15, 0.2) is 46.9 Å². The van der Waals surface area contributed by atoms with Crippen LogP contribution in [0.3, 0.4) is 0 Å². The summed E-state index contributed by atoms with van der Waals surface area (Å²) >= 11 is 9.07. The zero-order valence-electron chi connectivity index (χ0n) is 10.5. The lowest BCUT2D eigenvalue weighted by molar-refractivity contribution is -0.383.